The van der Waals surface area contributed by atoms with Crippen molar-refractivity contribution in [3.63, 3.8) is 0 Å². The van der Waals surface area contributed by atoms with Gasteiger partial charge in [-0.25, -0.2) is 0 Å². The van der Waals surface area contributed by atoms with Crippen LogP contribution in [0.2, 0.25) is 0 Å². The highest BCUT2D eigenvalue weighted by Crippen LogP contribution is 2.20. The van der Waals surface area contributed by atoms with Gasteiger partial charge in [0.25, 0.3) is 0 Å². The molecular formula is C21H21N3O. The van der Waals surface area contributed by atoms with E-state index in [1.807, 2.05) is 54.6 Å². The van der Waals surface area contributed by atoms with E-state index in [-0.39, 0.29) is 0 Å². The van der Waals surface area contributed by atoms with E-state index in [1.54, 1.807) is 13.2 Å². The first-order valence-electron chi connectivity index (χ1n) is 8.15. The van der Waals surface area contributed by atoms with Crippen molar-refractivity contribution in [2.24, 2.45) is 5.10 Å². The Balaban J connectivity index is 1.85. The molecule has 126 valence electrons. The second kappa shape index (κ2) is 7.62. The smallest absolute Gasteiger partial charge is 0.118 e. The lowest BCUT2D eigenvalue weighted by Crippen LogP contribution is -2.12. The highest BCUT2D eigenvalue weighted by atomic mass is 16.5. The van der Waals surface area contributed by atoms with Crippen molar-refractivity contribution < 1.29 is 4.74 Å². The van der Waals surface area contributed by atoms with Crippen molar-refractivity contribution in [2.45, 2.75) is 13.3 Å². The normalized spacial score (nSPS) is 17.1. The van der Waals surface area contributed by atoms with E-state index in [1.165, 1.54) is 5.56 Å². The van der Waals surface area contributed by atoms with Crippen LogP contribution < -0.4 is 10.2 Å². The van der Waals surface area contributed by atoms with Gasteiger partial charge in [-0.2, -0.15) is 5.10 Å². The molecule has 2 aromatic rings. The van der Waals surface area contributed by atoms with E-state index in [9.17, 15) is 0 Å². The maximum absolute atomic E-state index is 7.94. The van der Waals surface area contributed by atoms with Crippen molar-refractivity contribution in [3.8, 4) is 5.75 Å². The number of hydrazone groups is 1. The molecular weight excluding hydrogens is 310 g/mol. The van der Waals surface area contributed by atoms with Gasteiger partial charge in [0.15, 0.2) is 0 Å². The Hall–Kier alpha value is -3.14. The maximum atomic E-state index is 7.94. The second-order valence-electron chi connectivity index (χ2n) is 5.95. The summed E-state index contributed by atoms with van der Waals surface area (Å²) in [5.74, 6) is 0.827. The van der Waals surface area contributed by atoms with E-state index in [0.717, 1.165) is 28.3 Å². The van der Waals surface area contributed by atoms with Gasteiger partial charge in [-0.05, 0) is 60.6 Å². The Kier molecular flexibility index (Phi) is 5.09. The minimum Gasteiger partial charge on any atom is -0.497 e. The van der Waals surface area contributed by atoms with E-state index in [0.29, 0.717) is 12.1 Å². The number of benzene rings is 2. The molecule has 0 aromatic heterocycles. The van der Waals surface area contributed by atoms with Gasteiger partial charge in [0.2, 0.25) is 0 Å². The van der Waals surface area contributed by atoms with Crippen molar-refractivity contribution in [1.82, 2.24) is 0 Å². The van der Waals surface area contributed by atoms with Gasteiger partial charge in [0, 0.05) is 12.1 Å². The van der Waals surface area contributed by atoms with Crippen LogP contribution in [-0.4, -0.2) is 18.5 Å². The molecule has 0 atom stereocenters. The summed E-state index contributed by atoms with van der Waals surface area (Å²) < 4.78 is 5.19. The number of aryl methyl sites for hydroxylation is 1. The average Bonchev–Trinajstić information content (AvgIpc) is 2.63. The summed E-state index contributed by atoms with van der Waals surface area (Å²) >= 11 is 0. The van der Waals surface area contributed by atoms with Crippen molar-refractivity contribution in [3.05, 3.63) is 77.4 Å². The fourth-order valence-corrected chi connectivity index (χ4v) is 2.53. The standard InChI is InChI=1S/C21H21N3O/c1-15-3-8-19(9-4-15)23-24-21-12-7-18(22)14-17(21)13-16-5-10-20(25-2)11-6-16/h3-13,22-23H,14H2,1-2H3. The number of nitrogens with one attached hydrogen (secondary N) is 2. The summed E-state index contributed by atoms with van der Waals surface area (Å²) in [6.45, 7) is 2.06. The lowest BCUT2D eigenvalue weighted by atomic mass is 9.95. The number of hydrogen-bond acceptors (Lipinski definition) is 4. The minimum atomic E-state index is 0.566. The van der Waals surface area contributed by atoms with Crippen LogP contribution in [0.3, 0.4) is 0 Å². The Morgan fingerprint density at radius 2 is 1.76 bits per heavy atom. The third-order valence-corrected chi connectivity index (χ3v) is 3.97. The van der Waals surface area contributed by atoms with Gasteiger partial charge in [-0.3, -0.25) is 5.43 Å². The molecule has 0 spiro atoms. The van der Waals surface area contributed by atoms with Gasteiger partial charge in [-0.15, -0.1) is 0 Å². The quantitative estimate of drug-likeness (QED) is 0.788. The number of allylic oxidation sites excluding steroid dienone is 3. The molecule has 0 fully saturated rings. The second-order valence-corrected chi connectivity index (χ2v) is 5.95. The fraction of sp³-hybridized carbons (Fsp3) is 0.143. The Bertz CT molecular complexity index is 844. The lowest BCUT2D eigenvalue weighted by Gasteiger charge is -2.13. The molecule has 0 bridgehead atoms. The maximum Gasteiger partial charge on any atom is 0.118 e. The third kappa shape index (κ3) is 4.44. The van der Waals surface area contributed by atoms with Gasteiger partial charge in [0.1, 0.15) is 5.75 Å². The van der Waals surface area contributed by atoms with Crippen LogP contribution in [0.25, 0.3) is 6.08 Å². The molecule has 0 unspecified atom stereocenters. The number of nitrogens with zero attached hydrogens (tertiary/aromatic N) is 1. The van der Waals surface area contributed by atoms with Gasteiger partial charge < -0.3 is 10.1 Å². The zero-order valence-corrected chi connectivity index (χ0v) is 14.4. The Labute approximate surface area is 148 Å². The van der Waals surface area contributed by atoms with E-state index in [4.69, 9.17) is 10.1 Å². The summed E-state index contributed by atoms with van der Waals surface area (Å²) in [5.41, 5.74) is 8.74. The largest absolute Gasteiger partial charge is 0.497 e. The number of rotatable bonds is 4. The molecule has 0 aliphatic heterocycles. The van der Waals surface area contributed by atoms with Crippen molar-refractivity contribution in [1.29, 1.82) is 5.41 Å². The molecule has 1 aliphatic rings. The number of methoxy groups -OCH3 is 1. The first kappa shape index (κ1) is 16.7. The number of ether oxygens (including phenoxy) is 1. The molecule has 25 heavy (non-hydrogen) atoms. The van der Waals surface area contributed by atoms with Crippen LogP contribution in [-0.2, 0) is 0 Å². The number of anilines is 1. The molecule has 0 radical (unpaired) electrons. The van der Waals surface area contributed by atoms with Crippen LogP contribution in [0.5, 0.6) is 5.75 Å². The molecule has 0 amide bonds. The van der Waals surface area contributed by atoms with E-state index >= 15 is 0 Å². The predicted octanol–water partition coefficient (Wildman–Crippen LogP) is 4.83. The molecule has 4 heteroatoms. The van der Waals surface area contributed by atoms with Crippen LogP contribution in [0.1, 0.15) is 17.5 Å². The Morgan fingerprint density at radius 3 is 2.44 bits per heavy atom. The third-order valence-electron chi connectivity index (χ3n) is 3.97. The summed E-state index contributed by atoms with van der Waals surface area (Å²) in [6, 6.07) is 15.9. The highest BCUT2D eigenvalue weighted by molar-refractivity contribution is 6.20. The van der Waals surface area contributed by atoms with Crippen molar-refractivity contribution in [2.75, 3.05) is 12.5 Å². The van der Waals surface area contributed by atoms with E-state index in [2.05, 4.69) is 23.5 Å². The molecule has 0 saturated heterocycles. The monoisotopic (exact) mass is 331 g/mol. The first-order valence-corrected chi connectivity index (χ1v) is 8.15. The van der Waals surface area contributed by atoms with Crippen molar-refractivity contribution >= 4 is 23.2 Å². The number of hydrogen-bond donors (Lipinski definition) is 2. The summed E-state index contributed by atoms with van der Waals surface area (Å²) in [4.78, 5) is 0. The highest BCUT2D eigenvalue weighted by Gasteiger charge is 2.12. The topological polar surface area (TPSA) is 57.5 Å². The lowest BCUT2D eigenvalue weighted by molar-refractivity contribution is 0.415. The summed E-state index contributed by atoms with van der Waals surface area (Å²) in [7, 11) is 1.65. The zero-order valence-electron chi connectivity index (χ0n) is 14.4. The molecule has 4 nitrogen and oxygen atoms in total. The molecule has 2 N–H and O–H groups in total. The average molecular weight is 331 g/mol. The summed E-state index contributed by atoms with van der Waals surface area (Å²) in [5, 5.41) is 12.5. The molecule has 0 heterocycles. The van der Waals surface area contributed by atoms with E-state index < -0.39 is 0 Å². The van der Waals surface area contributed by atoms with Crippen LogP contribution in [0.15, 0.2) is 71.4 Å². The van der Waals surface area contributed by atoms with Gasteiger partial charge in [-0.1, -0.05) is 29.8 Å². The zero-order chi connectivity index (χ0) is 17.6. The molecule has 3 rings (SSSR count). The predicted molar refractivity (Wildman–Crippen MR) is 105 cm³/mol. The Morgan fingerprint density at radius 1 is 1.04 bits per heavy atom. The first-order chi connectivity index (χ1) is 12.1. The SMILES string of the molecule is COc1ccc(C=C2CC(=N)C=CC2=NNc2ccc(C)cc2)cc1. The molecule has 2 aromatic carbocycles. The van der Waals surface area contributed by atoms with Crippen LogP contribution in [0.4, 0.5) is 5.69 Å². The van der Waals surface area contributed by atoms with Gasteiger partial charge in [0.05, 0.1) is 18.5 Å². The van der Waals surface area contributed by atoms with Gasteiger partial charge >= 0.3 is 0 Å². The van der Waals surface area contributed by atoms with Crippen LogP contribution >= 0.6 is 0 Å². The fourth-order valence-electron chi connectivity index (χ4n) is 2.53. The van der Waals surface area contributed by atoms with Crippen LogP contribution in [0, 0.1) is 12.3 Å². The molecule has 1 aliphatic carbocycles. The summed E-state index contributed by atoms with van der Waals surface area (Å²) in [6.07, 6.45) is 6.30. The molecule has 0 saturated carbocycles. The minimum absolute atomic E-state index is 0.566.